The maximum atomic E-state index is 12.4. The lowest BCUT2D eigenvalue weighted by molar-refractivity contribution is -0.125. The molecule has 0 aliphatic heterocycles. The Balaban J connectivity index is 2.18. The predicted molar refractivity (Wildman–Crippen MR) is 88.2 cm³/mol. The summed E-state index contributed by atoms with van der Waals surface area (Å²) in [7, 11) is 0. The summed E-state index contributed by atoms with van der Waals surface area (Å²) in [6.45, 7) is 5.14. The summed E-state index contributed by atoms with van der Waals surface area (Å²) in [5.41, 5.74) is 7.93. The zero-order chi connectivity index (χ0) is 17.1. The average molecular weight is 316 g/mol. The van der Waals surface area contributed by atoms with Gasteiger partial charge in [-0.05, 0) is 38.1 Å². The first-order valence-corrected chi connectivity index (χ1v) is 7.26. The van der Waals surface area contributed by atoms with Crippen molar-refractivity contribution in [3.8, 4) is 0 Å². The van der Waals surface area contributed by atoms with Crippen LogP contribution < -0.4 is 16.3 Å². The molecule has 1 heterocycles. The summed E-state index contributed by atoms with van der Waals surface area (Å²) in [6.07, 6.45) is 0.0436. The molecular formula is C16H20N4O3. The van der Waals surface area contributed by atoms with Crippen LogP contribution in [0.5, 0.6) is 0 Å². The van der Waals surface area contributed by atoms with Crippen LogP contribution in [-0.2, 0) is 16.1 Å². The second-order valence-corrected chi connectivity index (χ2v) is 5.38. The number of hydrogen-bond acceptors (Lipinski definition) is 4. The molecule has 2 amide bonds. The Morgan fingerprint density at radius 2 is 1.83 bits per heavy atom. The molecule has 2 aromatic rings. The monoisotopic (exact) mass is 316 g/mol. The van der Waals surface area contributed by atoms with Crippen molar-refractivity contribution in [1.29, 1.82) is 0 Å². The van der Waals surface area contributed by atoms with E-state index in [1.807, 2.05) is 0 Å². The van der Waals surface area contributed by atoms with Crippen LogP contribution >= 0.6 is 0 Å². The summed E-state index contributed by atoms with van der Waals surface area (Å²) in [5.74, 6) is -0.749. The number of aromatic amines is 1. The Morgan fingerprint density at radius 3 is 2.30 bits per heavy atom. The molecule has 0 saturated carbocycles. The number of carbonyl (C=O) groups is 2. The van der Waals surface area contributed by atoms with Gasteiger partial charge in [-0.1, -0.05) is 0 Å². The van der Waals surface area contributed by atoms with E-state index in [2.05, 4.69) is 4.98 Å². The predicted octanol–water partition coefficient (Wildman–Crippen LogP) is 1.35. The van der Waals surface area contributed by atoms with Crippen LogP contribution in [0.4, 0.5) is 11.4 Å². The maximum Gasteiger partial charge on any atom is 0.325 e. The van der Waals surface area contributed by atoms with Crippen LogP contribution in [0.1, 0.15) is 24.7 Å². The summed E-state index contributed by atoms with van der Waals surface area (Å²) in [5, 5.41) is 0. The largest absolute Gasteiger partial charge is 0.399 e. The number of nitrogens with zero attached hydrogens (tertiary/aromatic N) is 2. The highest BCUT2D eigenvalue weighted by Crippen LogP contribution is 2.18. The third kappa shape index (κ3) is 3.50. The van der Waals surface area contributed by atoms with E-state index in [4.69, 9.17) is 5.73 Å². The number of aromatic nitrogens is 2. The van der Waals surface area contributed by atoms with E-state index >= 15 is 0 Å². The van der Waals surface area contributed by atoms with Crippen LogP contribution in [0.2, 0.25) is 0 Å². The molecule has 0 aliphatic carbocycles. The van der Waals surface area contributed by atoms with E-state index in [0.717, 1.165) is 16.3 Å². The topological polar surface area (TPSA) is 101 Å². The van der Waals surface area contributed by atoms with Gasteiger partial charge in [-0.15, -0.1) is 0 Å². The maximum absolute atomic E-state index is 12.4. The van der Waals surface area contributed by atoms with E-state index in [-0.39, 0.29) is 30.5 Å². The second-order valence-electron chi connectivity index (χ2n) is 5.38. The van der Waals surface area contributed by atoms with Crippen molar-refractivity contribution in [2.75, 3.05) is 10.6 Å². The third-order valence-electron chi connectivity index (χ3n) is 3.75. The minimum absolute atomic E-state index is 0.0436. The van der Waals surface area contributed by atoms with Crippen LogP contribution in [-0.4, -0.2) is 21.4 Å². The van der Waals surface area contributed by atoms with E-state index < -0.39 is 0 Å². The van der Waals surface area contributed by atoms with Gasteiger partial charge in [0, 0.05) is 37.0 Å². The molecule has 7 heteroatoms. The minimum atomic E-state index is -0.380. The number of amides is 2. The Hall–Kier alpha value is -2.83. The number of H-pyrrole nitrogens is 1. The first-order chi connectivity index (χ1) is 10.8. The zero-order valence-corrected chi connectivity index (χ0v) is 13.4. The van der Waals surface area contributed by atoms with Gasteiger partial charge in [-0.3, -0.25) is 19.1 Å². The van der Waals surface area contributed by atoms with Crippen molar-refractivity contribution < 1.29 is 9.59 Å². The quantitative estimate of drug-likeness (QED) is 0.831. The highest BCUT2D eigenvalue weighted by molar-refractivity contribution is 6.14. The molecular weight excluding hydrogens is 296 g/mol. The number of anilines is 2. The molecule has 0 saturated heterocycles. The SMILES string of the molecule is CC(=O)N(C(=O)CCn1c(C)c(C)[nH]c1=O)c1ccc(N)cc1. The summed E-state index contributed by atoms with van der Waals surface area (Å²) in [4.78, 5) is 39.8. The molecule has 1 aromatic heterocycles. The number of imidazole rings is 1. The van der Waals surface area contributed by atoms with Gasteiger partial charge in [0.25, 0.3) is 0 Å². The molecule has 122 valence electrons. The van der Waals surface area contributed by atoms with Gasteiger partial charge >= 0.3 is 5.69 Å². The molecule has 0 aliphatic rings. The number of nitrogens with two attached hydrogens (primary N) is 1. The Kier molecular flexibility index (Phi) is 4.68. The van der Waals surface area contributed by atoms with Crippen LogP contribution in [0.15, 0.2) is 29.1 Å². The van der Waals surface area contributed by atoms with Gasteiger partial charge in [-0.2, -0.15) is 0 Å². The lowest BCUT2D eigenvalue weighted by atomic mass is 10.2. The van der Waals surface area contributed by atoms with E-state index in [0.29, 0.717) is 11.4 Å². The van der Waals surface area contributed by atoms with Gasteiger partial charge in [0.2, 0.25) is 11.8 Å². The van der Waals surface area contributed by atoms with Crippen LogP contribution in [0.25, 0.3) is 0 Å². The van der Waals surface area contributed by atoms with Gasteiger partial charge in [0.05, 0.1) is 5.69 Å². The summed E-state index contributed by atoms with van der Waals surface area (Å²) >= 11 is 0. The number of nitrogens with one attached hydrogen (secondary N) is 1. The van der Waals surface area contributed by atoms with Crippen LogP contribution in [0, 0.1) is 13.8 Å². The number of carbonyl (C=O) groups excluding carboxylic acids is 2. The standard InChI is InChI=1S/C16H20N4O3/c1-10-11(2)19(16(23)18-10)9-8-15(22)20(12(3)21)14-6-4-13(17)5-7-14/h4-7H,8-9,17H2,1-3H3,(H,18,23). The molecule has 23 heavy (non-hydrogen) atoms. The van der Waals surface area contributed by atoms with E-state index in [1.54, 1.807) is 38.1 Å². The fraction of sp³-hybridized carbons (Fsp3) is 0.312. The van der Waals surface area contributed by atoms with Crippen molar-refractivity contribution in [3.63, 3.8) is 0 Å². The average Bonchev–Trinajstić information content (AvgIpc) is 2.72. The smallest absolute Gasteiger partial charge is 0.325 e. The van der Waals surface area contributed by atoms with E-state index in [9.17, 15) is 14.4 Å². The number of hydrogen-bond donors (Lipinski definition) is 2. The Morgan fingerprint density at radius 1 is 1.22 bits per heavy atom. The van der Waals surface area contributed by atoms with Gasteiger partial charge in [0.1, 0.15) is 0 Å². The van der Waals surface area contributed by atoms with E-state index in [1.165, 1.54) is 11.5 Å². The fourth-order valence-electron chi connectivity index (χ4n) is 2.39. The van der Waals surface area contributed by atoms with Crippen LogP contribution in [0.3, 0.4) is 0 Å². The lowest BCUT2D eigenvalue weighted by Gasteiger charge is -2.19. The fourth-order valence-corrected chi connectivity index (χ4v) is 2.39. The Bertz CT molecular complexity index is 787. The molecule has 2 rings (SSSR count). The Labute approximate surface area is 133 Å². The third-order valence-corrected chi connectivity index (χ3v) is 3.75. The lowest BCUT2D eigenvalue weighted by Crippen LogP contribution is -2.36. The number of aryl methyl sites for hydroxylation is 1. The zero-order valence-electron chi connectivity index (χ0n) is 13.4. The molecule has 0 bridgehead atoms. The first-order valence-electron chi connectivity index (χ1n) is 7.26. The van der Waals surface area contributed by atoms with Crippen molar-refractivity contribution >= 4 is 23.2 Å². The second kappa shape index (κ2) is 6.51. The van der Waals surface area contributed by atoms with Gasteiger partial charge < -0.3 is 10.7 Å². The number of imide groups is 1. The molecule has 0 radical (unpaired) electrons. The molecule has 7 nitrogen and oxygen atoms in total. The van der Waals surface area contributed by atoms with Crippen molar-refractivity contribution in [2.45, 2.75) is 33.7 Å². The highest BCUT2D eigenvalue weighted by atomic mass is 16.2. The molecule has 0 atom stereocenters. The number of rotatable bonds is 4. The normalized spacial score (nSPS) is 10.6. The molecule has 0 unspecified atom stereocenters. The summed E-state index contributed by atoms with van der Waals surface area (Å²) in [6, 6.07) is 6.49. The number of nitrogen functional groups attached to an aromatic ring is 1. The van der Waals surface area contributed by atoms with Crippen molar-refractivity contribution in [2.24, 2.45) is 0 Å². The minimum Gasteiger partial charge on any atom is -0.399 e. The number of benzene rings is 1. The highest BCUT2D eigenvalue weighted by Gasteiger charge is 2.20. The molecule has 0 fully saturated rings. The molecule has 3 N–H and O–H groups in total. The van der Waals surface area contributed by atoms with Gasteiger partial charge in [-0.25, -0.2) is 4.79 Å². The van der Waals surface area contributed by atoms with Crippen molar-refractivity contribution in [1.82, 2.24) is 9.55 Å². The molecule has 0 spiro atoms. The van der Waals surface area contributed by atoms with Gasteiger partial charge in [0.15, 0.2) is 0 Å². The molecule has 1 aromatic carbocycles. The van der Waals surface area contributed by atoms with Crippen molar-refractivity contribution in [3.05, 3.63) is 46.1 Å². The first kappa shape index (κ1) is 16.5. The summed E-state index contributed by atoms with van der Waals surface area (Å²) < 4.78 is 1.49.